The number of hydrogen-bond donors (Lipinski definition) is 1. The van der Waals surface area contributed by atoms with Crippen molar-refractivity contribution < 1.29 is 4.79 Å². The number of carbonyl (C=O) groups is 1. The third-order valence-corrected chi connectivity index (χ3v) is 4.14. The van der Waals surface area contributed by atoms with E-state index in [4.69, 9.17) is 0 Å². The molecule has 20 heavy (non-hydrogen) atoms. The topological polar surface area (TPSA) is 42.0 Å². The lowest BCUT2D eigenvalue weighted by Crippen LogP contribution is -2.13. The molecule has 1 heterocycles. The maximum atomic E-state index is 12.3. The number of rotatable bonds is 4. The van der Waals surface area contributed by atoms with Gasteiger partial charge in [-0.15, -0.1) is 11.3 Å². The third kappa shape index (κ3) is 3.33. The van der Waals surface area contributed by atoms with Gasteiger partial charge < -0.3 is 0 Å². The molecule has 0 unspecified atom stereocenters. The van der Waals surface area contributed by atoms with Crippen molar-refractivity contribution in [1.29, 1.82) is 0 Å². The summed E-state index contributed by atoms with van der Waals surface area (Å²) in [4.78, 5) is 17.7. The fourth-order valence-corrected chi connectivity index (χ4v) is 2.64. The second kappa shape index (κ2) is 6.48. The maximum Gasteiger partial charge on any atom is 0.257 e. The SMILES string of the molecule is C/C=C(\C(=O)Nc1ncc(C(C)C)s1)c1ccccc1. The number of thiazole rings is 1. The number of anilines is 1. The van der Waals surface area contributed by atoms with Crippen molar-refractivity contribution in [3.63, 3.8) is 0 Å². The van der Waals surface area contributed by atoms with Gasteiger partial charge in [-0.25, -0.2) is 4.98 Å². The van der Waals surface area contributed by atoms with Crippen molar-refractivity contribution in [2.24, 2.45) is 0 Å². The van der Waals surface area contributed by atoms with E-state index in [9.17, 15) is 4.79 Å². The van der Waals surface area contributed by atoms with Crippen LogP contribution in [-0.2, 0) is 4.79 Å². The molecule has 0 aliphatic heterocycles. The lowest BCUT2D eigenvalue weighted by Gasteiger charge is -2.06. The summed E-state index contributed by atoms with van der Waals surface area (Å²) in [7, 11) is 0. The van der Waals surface area contributed by atoms with Gasteiger partial charge in [-0.1, -0.05) is 50.3 Å². The van der Waals surface area contributed by atoms with E-state index in [0.717, 1.165) is 5.56 Å². The summed E-state index contributed by atoms with van der Waals surface area (Å²) in [6, 6.07) is 9.63. The predicted octanol–water partition coefficient (Wildman–Crippen LogP) is 4.31. The molecule has 0 saturated heterocycles. The first-order chi connectivity index (χ1) is 9.61. The number of allylic oxidation sites excluding steroid dienone is 1. The summed E-state index contributed by atoms with van der Waals surface area (Å²) in [6.45, 7) is 6.09. The van der Waals surface area contributed by atoms with Gasteiger partial charge in [0, 0.05) is 16.6 Å². The molecule has 1 amide bonds. The molecule has 1 N–H and O–H groups in total. The average molecular weight is 286 g/mol. The van der Waals surface area contributed by atoms with E-state index in [1.54, 1.807) is 0 Å². The Morgan fingerprint density at radius 3 is 2.55 bits per heavy atom. The zero-order valence-corrected chi connectivity index (χ0v) is 12.7. The van der Waals surface area contributed by atoms with Gasteiger partial charge in [-0.05, 0) is 18.4 Å². The summed E-state index contributed by atoms with van der Waals surface area (Å²) in [5.74, 6) is 0.303. The zero-order valence-electron chi connectivity index (χ0n) is 11.9. The van der Waals surface area contributed by atoms with E-state index < -0.39 is 0 Å². The second-order valence-corrected chi connectivity index (χ2v) is 5.81. The van der Waals surface area contributed by atoms with E-state index in [0.29, 0.717) is 16.6 Å². The van der Waals surface area contributed by atoms with E-state index in [1.807, 2.05) is 49.5 Å². The van der Waals surface area contributed by atoms with Crippen LogP contribution in [0.5, 0.6) is 0 Å². The first kappa shape index (κ1) is 14.5. The Hall–Kier alpha value is -1.94. The highest BCUT2D eigenvalue weighted by molar-refractivity contribution is 7.15. The summed E-state index contributed by atoms with van der Waals surface area (Å²) in [5, 5.41) is 3.51. The van der Waals surface area contributed by atoms with E-state index in [2.05, 4.69) is 24.1 Å². The number of aromatic nitrogens is 1. The van der Waals surface area contributed by atoms with Crippen LogP contribution in [0.15, 0.2) is 42.6 Å². The van der Waals surface area contributed by atoms with E-state index in [-0.39, 0.29) is 5.91 Å². The number of nitrogens with one attached hydrogen (secondary N) is 1. The normalized spacial score (nSPS) is 11.7. The molecule has 4 heteroatoms. The Bertz CT molecular complexity index is 614. The van der Waals surface area contributed by atoms with Gasteiger partial charge in [0.1, 0.15) is 0 Å². The van der Waals surface area contributed by atoms with Crippen LogP contribution in [0.1, 0.15) is 37.1 Å². The van der Waals surface area contributed by atoms with Crippen molar-refractivity contribution in [2.75, 3.05) is 5.32 Å². The van der Waals surface area contributed by atoms with Crippen LogP contribution in [0.3, 0.4) is 0 Å². The Balaban J connectivity index is 2.14. The number of amides is 1. The van der Waals surface area contributed by atoms with Gasteiger partial charge in [0.05, 0.1) is 0 Å². The van der Waals surface area contributed by atoms with Crippen molar-refractivity contribution in [3.8, 4) is 0 Å². The Labute approximate surface area is 123 Å². The van der Waals surface area contributed by atoms with Crippen LogP contribution in [0.25, 0.3) is 5.57 Å². The van der Waals surface area contributed by atoms with Gasteiger partial charge in [0.25, 0.3) is 5.91 Å². The van der Waals surface area contributed by atoms with Gasteiger partial charge in [-0.2, -0.15) is 0 Å². The van der Waals surface area contributed by atoms with Gasteiger partial charge >= 0.3 is 0 Å². The van der Waals surface area contributed by atoms with Crippen molar-refractivity contribution in [2.45, 2.75) is 26.7 Å². The number of benzene rings is 1. The number of nitrogens with zero attached hydrogens (tertiary/aromatic N) is 1. The largest absolute Gasteiger partial charge is 0.298 e. The summed E-state index contributed by atoms with van der Waals surface area (Å²) in [6.07, 6.45) is 3.64. The standard InChI is InChI=1S/C16H18N2OS/c1-4-13(12-8-6-5-7-9-12)15(19)18-16-17-10-14(20-16)11(2)3/h4-11H,1-3H3,(H,17,18,19)/b13-4-. The molecule has 0 radical (unpaired) electrons. The van der Waals surface area contributed by atoms with Crippen molar-refractivity contribution in [3.05, 3.63) is 53.0 Å². The number of carbonyl (C=O) groups excluding carboxylic acids is 1. The quantitative estimate of drug-likeness (QED) is 0.851. The lowest BCUT2D eigenvalue weighted by molar-refractivity contribution is -0.111. The first-order valence-corrected chi connectivity index (χ1v) is 7.42. The molecule has 2 rings (SSSR count). The minimum absolute atomic E-state index is 0.122. The van der Waals surface area contributed by atoms with Crippen LogP contribution in [0.2, 0.25) is 0 Å². The minimum Gasteiger partial charge on any atom is -0.298 e. The van der Waals surface area contributed by atoms with Gasteiger partial charge in [0.15, 0.2) is 5.13 Å². The molecular weight excluding hydrogens is 268 g/mol. The lowest BCUT2D eigenvalue weighted by atomic mass is 10.1. The molecule has 0 spiro atoms. The Kier molecular flexibility index (Phi) is 4.69. The Morgan fingerprint density at radius 2 is 2.00 bits per heavy atom. The molecule has 3 nitrogen and oxygen atoms in total. The van der Waals surface area contributed by atoms with Gasteiger partial charge in [-0.3, -0.25) is 10.1 Å². The molecule has 2 aromatic rings. The Morgan fingerprint density at radius 1 is 1.30 bits per heavy atom. The zero-order chi connectivity index (χ0) is 14.5. The van der Waals surface area contributed by atoms with Crippen LogP contribution in [-0.4, -0.2) is 10.9 Å². The molecule has 104 valence electrons. The van der Waals surface area contributed by atoms with Crippen LogP contribution in [0.4, 0.5) is 5.13 Å². The smallest absolute Gasteiger partial charge is 0.257 e. The van der Waals surface area contributed by atoms with Crippen LogP contribution < -0.4 is 5.32 Å². The monoisotopic (exact) mass is 286 g/mol. The second-order valence-electron chi connectivity index (χ2n) is 4.74. The molecule has 0 aliphatic carbocycles. The molecule has 1 aromatic heterocycles. The highest BCUT2D eigenvalue weighted by Crippen LogP contribution is 2.26. The molecule has 1 aromatic carbocycles. The number of hydrogen-bond acceptors (Lipinski definition) is 3. The molecular formula is C16H18N2OS. The van der Waals surface area contributed by atoms with Crippen molar-refractivity contribution >= 4 is 27.9 Å². The summed E-state index contributed by atoms with van der Waals surface area (Å²) >= 11 is 1.52. The van der Waals surface area contributed by atoms with Crippen LogP contribution in [0, 0.1) is 0 Å². The van der Waals surface area contributed by atoms with Crippen LogP contribution >= 0.6 is 11.3 Å². The highest BCUT2D eigenvalue weighted by Gasteiger charge is 2.13. The fourth-order valence-electron chi connectivity index (χ4n) is 1.82. The first-order valence-electron chi connectivity index (χ1n) is 6.60. The fraction of sp³-hybridized carbons (Fsp3) is 0.250. The highest BCUT2D eigenvalue weighted by atomic mass is 32.1. The average Bonchev–Trinajstić information content (AvgIpc) is 2.89. The molecule has 0 saturated carbocycles. The maximum absolute atomic E-state index is 12.3. The third-order valence-electron chi connectivity index (χ3n) is 2.93. The minimum atomic E-state index is -0.122. The molecule has 0 atom stereocenters. The summed E-state index contributed by atoms with van der Waals surface area (Å²) in [5.41, 5.74) is 1.57. The van der Waals surface area contributed by atoms with E-state index >= 15 is 0 Å². The molecule has 0 bridgehead atoms. The van der Waals surface area contributed by atoms with Crippen molar-refractivity contribution in [1.82, 2.24) is 4.98 Å². The molecule has 0 fully saturated rings. The van der Waals surface area contributed by atoms with Gasteiger partial charge in [0.2, 0.25) is 0 Å². The summed E-state index contributed by atoms with van der Waals surface area (Å²) < 4.78 is 0. The van der Waals surface area contributed by atoms with E-state index in [1.165, 1.54) is 16.2 Å². The molecule has 0 aliphatic rings. The predicted molar refractivity (Wildman–Crippen MR) is 84.9 cm³/mol.